The van der Waals surface area contributed by atoms with Crippen molar-refractivity contribution >= 4 is 28.2 Å². The van der Waals surface area contributed by atoms with Crippen LogP contribution in [-0.2, 0) is 23.7 Å². The Bertz CT molecular complexity index is 1300. The molecule has 0 saturated heterocycles. The Hall–Kier alpha value is -3.79. The van der Waals surface area contributed by atoms with Gasteiger partial charge in [0.2, 0.25) is 0 Å². The highest BCUT2D eigenvalue weighted by Crippen LogP contribution is 2.39. The van der Waals surface area contributed by atoms with Crippen molar-refractivity contribution in [1.82, 2.24) is 4.98 Å². The van der Waals surface area contributed by atoms with Crippen LogP contribution in [-0.4, -0.2) is 15.6 Å². The third kappa shape index (κ3) is 4.91. The molecule has 0 aliphatic carbocycles. The summed E-state index contributed by atoms with van der Waals surface area (Å²) in [5.41, 5.74) is -0.155. The second-order valence-corrected chi connectivity index (χ2v) is 8.39. The Morgan fingerprint density at radius 2 is 1.74 bits per heavy atom. The molecule has 3 aromatic rings. The fourth-order valence-corrected chi connectivity index (χ4v) is 4.40. The SMILES string of the molecule is N#Cc1ccc2c(c1)N(S(=O)c1ccc(OC(F)(F)F)cc1)Cc1ccc(C(F)(F)F)nc1N2. The number of ether oxygens (including phenoxy) is 1. The second-order valence-electron chi connectivity index (χ2n) is 6.98. The molecule has 0 bridgehead atoms. The van der Waals surface area contributed by atoms with E-state index in [1.54, 1.807) is 0 Å². The van der Waals surface area contributed by atoms with Crippen molar-refractivity contribution in [2.24, 2.45) is 0 Å². The van der Waals surface area contributed by atoms with Crippen molar-refractivity contribution in [1.29, 1.82) is 5.26 Å². The Kier molecular flexibility index (Phi) is 5.86. The molecule has 2 heterocycles. The van der Waals surface area contributed by atoms with Crippen LogP contribution in [0, 0.1) is 11.3 Å². The average molecular weight is 498 g/mol. The smallest absolute Gasteiger partial charge is 0.406 e. The highest BCUT2D eigenvalue weighted by atomic mass is 32.2. The Morgan fingerprint density at radius 3 is 2.35 bits per heavy atom. The number of anilines is 3. The van der Waals surface area contributed by atoms with Crippen LogP contribution in [0.15, 0.2) is 59.5 Å². The van der Waals surface area contributed by atoms with Gasteiger partial charge in [0.15, 0.2) is 11.0 Å². The molecule has 0 saturated carbocycles. The van der Waals surface area contributed by atoms with Gasteiger partial charge in [0.1, 0.15) is 17.3 Å². The summed E-state index contributed by atoms with van der Waals surface area (Å²) >= 11 is 0. The fraction of sp³-hybridized carbons (Fsp3) is 0.143. The largest absolute Gasteiger partial charge is 0.573 e. The first kappa shape index (κ1) is 23.4. The predicted molar refractivity (Wildman–Crippen MR) is 109 cm³/mol. The van der Waals surface area contributed by atoms with E-state index in [0.717, 1.165) is 18.2 Å². The summed E-state index contributed by atoms with van der Waals surface area (Å²) < 4.78 is 95.2. The highest BCUT2D eigenvalue weighted by Gasteiger charge is 2.34. The van der Waals surface area contributed by atoms with Crippen molar-refractivity contribution in [2.75, 3.05) is 9.62 Å². The number of hydrogen-bond acceptors (Lipinski definition) is 5. The third-order valence-electron chi connectivity index (χ3n) is 4.69. The predicted octanol–water partition coefficient (Wildman–Crippen LogP) is 5.66. The van der Waals surface area contributed by atoms with Gasteiger partial charge in [-0.3, -0.25) is 4.31 Å². The summed E-state index contributed by atoms with van der Waals surface area (Å²) in [6.07, 6.45) is -9.57. The van der Waals surface area contributed by atoms with Crippen LogP contribution >= 0.6 is 0 Å². The molecule has 0 spiro atoms. The summed E-state index contributed by atoms with van der Waals surface area (Å²) in [6, 6.07) is 12.5. The molecule has 176 valence electrons. The van der Waals surface area contributed by atoms with Crippen LogP contribution in [0.2, 0.25) is 0 Å². The van der Waals surface area contributed by atoms with E-state index in [0.29, 0.717) is 0 Å². The number of fused-ring (bicyclic) bond motifs is 2. The summed E-state index contributed by atoms with van der Waals surface area (Å²) in [5.74, 6) is -0.610. The number of benzene rings is 2. The summed E-state index contributed by atoms with van der Waals surface area (Å²) in [7, 11) is -2.02. The van der Waals surface area contributed by atoms with Crippen LogP contribution < -0.4 is 14.4 Å². The maximum Gasteiger partial charge on any atom is 0.573 e. The first-order valence-electron chi connectivity index (χ1n) is 9.38. The molecule has 1 unspecified atom stereocenters. The Balaban J connectivity index is 1.76. The lowest BCUT2D eigenvalue weighted by atomic mass is 10.2. The van der Waals surface area contributed by atoms with Gasteiger partial charge in [0.25, 0.3) is 0 Å². The molecule has 13 heteroatoms. The van der Waals surface area contributed by atoms with E-state index in [4.69, 9.17) is 0 Å². The summed E-state index contributed by atoms with van der Waals surface area (Å²) in [6.45, 7) is -0.164. The number of alkyl halides is 6. The number of aromatic nitrogens is 1. The molecule has 0 radical (unpaired) electrons. The molecular formula is C21H12F6N4O2S. The lowest BCUT2D eigenvalue weighted by Crippen LogP contribution is -2.25. The standard InChI is InChI=1S/C21H12F6N4O2S/c22-20(23,24)18-8-2-13-11-31(17-9-12(10-28)1-7-16(17)29-19(13)30-18)34(32)15-5-3-14(4-6-15)33-21(25,26)27/h1-9H,11H2,(H,29,30). The van der Waals surface area contributed by atoms with E-state index in [1.807, 2.05) is 6.07 Å². The fourth-order valence-electron chi connectivity index (χ4n) is 3.20. The average Bonchev–Trinajstić information content (AvgIpc) is 2.93. The number of hydrogen-bond donors (Lipinski definition) is 1. The monoisotopic (exact) mass is 498 g/mol. The lowest BCUT2D eigenvalue weighted by Gasteiger charge is -2.23. The molecule has 6 nitrogen and oxygen atoms in total. The van der Waals surface area contributed by atoms with Crippen LogP contribution in [0.3, 0.4) is 0 Å². The minimum atomic E-state index is -4.89. The number of nitriles is 1. The van der Waals surface area contributed by atoms with Gasteiger partial charge >= 0.3 is 12.5 Å². The lowest BCUT2D eigenvalue weighted by molar-refractivity contribution is -0.274. The first-order valence-corrected chi connectivity index (χ1v) is 10.5. The van der Waals surface area contributed by atoms with Gasteiger partial charge in [-0.25, -0.2) is 9.19 Å². The van der Waals surface area contributed by atoms with Gasteiger partial charge < -0.3 is 10.1 Å². The molecule has 1 aliphatic rings. The minimum Gasteiger partial charge on any atom is -0.406 e. The quantitative estimate of drug-likeness (QED) is 0.472. The van der Waals surface area contributed by atoms with E-state index in [-0.39, 0.29) is 39.8 Å². The van der Waals surface area contributed by atoms with Crippen LogP contribution in [0.5, 0.6) is 5.75 Å². The Labute approximate surface area is 191 Å². The minimum absolute atomic E-state index is 0.103. The third-order valence-corrected chi connectivity index (χ3v) is 6.09. The molecule has 0 amide bonds. The molecule has 1 atom stereocenters. The molecule has 4 rings (SSSR count). The summed E-state index contributed by atoms with van der Waals surface area (Å²) in [5, 5.41) is 12.1. The maximum absolute atomic E-state index is 13.4. The number of nitrogens with one attached hydrogen (secondary N) is 1. The highest BCUT2D eigenvalue weighted by molar-refractivity contribution is 7.86. The molecular weight excluding hydrogens is 486 g/mol. The van der Waals surface area contributed by atoms with Crippen molar-refractivity contribution in [3.63, 3.8) is 0 Å². The van der Waals surface area contributed by atoms with Gasteiger partial charge in [-0.05, 0) is 48.5 Å². The zero-order valence-corrected chi connectivity index (χ0v) is 17.6. The van der Waals surface area contributed by atoms with Crippen molar-refractivity contribution in [3.8, 4) is 11.8 Å². The van der Waals surface area contributed by atoms with Crippen LogP contribution in [0.25, 0.3) is 0 Å². The first-order chi connectivity index (χ1) is 15.9. The van der Waals surface area contributed by atoms with E-state index in [1.165, 1.54) is 40.7 Å². The van der Waals surface area contributed by atoms with Gasteiger partial charge in [-0.15, -0.1) is 13.2 Å². The van der Waals surface area contributed by atoms with E-state index < -0.39 is 35.0 Å². The number of rotatable bonds is 3. The topological polar surface area (TPSA) is 78.2 Å². The van der Waals surface area contributed by atoms with Gasteiger partial charge in [-0.1, -0.05) is 6.07 Å². The Morgan fingerprint density at radius 1 is 1.03 bits per heavy atom. The second kappa shape index (κ2) is 8.53. The molecule has 0 fully saturated rings. The maximum atomic E-state index is 13.4. The number of pyridine rings is 1. The van der Waals surface area contributed by atoms with Gasteiger partial charge in [-0.2, -0.15) is 18.4 Å². The van der Waals surface area contributed by atoms with E-state index in [2.05, 4.69) is 15.0 Å². The molecule has 1 N–H and O–H groups in total. The van der Waals surface area contributed by atoms with Crippen molar-refractivity contribution in [2.45, 2.75) is 24.0 Å². The van der Waals surface area contributed by atoms with E-state index >= 15 is 0 Å². The van der Waals surface area contributed by atoms with Gasteiger partial charge in [0.05, 0.1) is 34.4 Å². The zero-order valence-electron chi connectivity index (χ0n) is 16.7. The number of nitrogens with zero attached hydrogens (tertiary/aromatic N) is 3. The molecule has 34 heavy (non-hydrogen) atoms. The van der Waals surface area contributed by atoms with Crippen molar-refractivity contribution < 1.29 is 35.3 Å². The zero-order chi connectivity index (χ0) is 24.7. The molecule has 1 aromatic heterocycles. The normalized spacial score (nSPS) is 14.2. The number of halogens is 6. The summed E-state index contributed by atoms with van der Waals surface area (Å²) in [4.78, 5) is 3.75. The van der Waals surface area contributed by atoms with Crippen molar-refractivity contribution in [3.05, 3.63) is 71.4 Å². The van der Waals surface area contributed by atoms with E-state index in [9.17, 15) is 35.8 Å². The van der Waals surface area contributed by atoms with Gasteiger partial charge in [0, 0.05) is 5.56 Å². The molecule has 2 aromatic carbocycles. The molecule has 1 aliphatic heterocycles. The van der Waals surface area contributed by atoms with Crippen LogP contribution in [0.4, 0.5) is 43.5 Å². The van der Waals surface area contributed by atoms with Crippen LogP contribution in [0.1, 0.15) is 16.8 Å².